The second kappa shape index (κ2) is 16.3. The molecule has 0 amide bonds. The van der Waals surface area contributed by atoms with Crippen molar-refractivity contribution in [2.75, 3.05) is 13.2 Å². The van der Waals surface area contributed by atoms with Gasteiger partial charge in [-0.15, -0.1) is 0 Å². The van der Waals surface area contributed by atoms with Gasteiger partial charge in [0, 0.05) is 12.7 Å². The van der Waals surface area contributed by atoms with Crippen molar-refractivity contribution in [1.82, 2.24) is 0 Å². The predicted octanol–water partition coefficient (Wildman–Crippen LogP) is 6.85. The van der Waals surface area contributed by atoms with Crippen LogP contribution in [0.4, 0.5) is 0 Å². The molecule has 0 aliphatic rings. The molecule has 174 valence electrons. The first-order chi connectivity index (χ1) is 16.2. The lowest BCUT2D eigenvalue weighted by Gasteiger charge is -2.06. The van der Waals surface area contributed by atoms with Crippen LogP contribution in [0.1, 0.15) is 44.1 Å². The van der Waals surface area contributed by atoms with Gasteiger partial charge in [-0.25, -0.2) is 4.79 Å². The van der Waals surface area contributed by atoms with Crippen LogP contribution < -0.4 is 4.74 Å². The summed E-state index contributed by atoms with van der Waals surface area (Å²) in [6.07, 6.45) is 9.20. The number of hydrogen-bond acceptors (Lipinski definition) is 3. The number of hydrogen-bond donors (Lipinski definition) is 2. The number of benzene rings is 3. The third kappa shape index (κ3) is 11.7. The number of carboxylic acids is 1. The monoisotopic (exact) mass is 446 g/mol. The highest BCUT2D eigenvalue weighted by Crippen LogP contribution is 2.17. The van der Waals surface area contributed by atoms with E-state index in [0.717, 1.165) is 43.1 Å². The van der Waals surface area contributed by atoms with E-state index in [0.29, 0.717) is 13.2 Å². The number of ether oxygens (including phenoxy) is 1. The van der Waals surface area contributed by atoms with E-state index in [1.165, 1.54) is 24.0 Å². The first kappa shape index (κ1) is 25.9. The van der Waals surface area contributed by atoms with Crippen molar-refractivity contribution in [2.24, 2.45) is 0 Å². The van der Waals surface area contributed by atoms with E-state index in [4.69, 9.17) is 14.9 Å². The molecule has 3 rings (SSSR count). The Kier molecular flexibility index (Phi) is 12.8. The van der Waals surface area contributed by atoms with Crippen molar-refractivity contribution in [3.63, 3.8) is 0 Å². The molecular formula is C29H34O4. The number of unbranched alkanes of at least 4 members (excludes halogenated alkanes) is 5. The maximum absolute atomic E-state index is 10.4. The van der Waals surface area contributed by atoms with Crippen LogP contribution in [0.5, 0.6) is 5.75 Å². The van der Waals surface area contributed by atoms with Gasteiger partial charge in [0.2, 0.25) is 0 Å². The molecule has 33 heavy (non-hydrogen) atoms. The van der Waals surface area contributed by atoms with Crippen LogP contribution in [0.2, 0.25) is 0 Å². The molecule has 0 bridgehead atoms. The van der Waals surface area contributed by atoms with Crippen LogP contribution in [0.15, 0.2) is 91.0 Å². The van der Waals surface area contributed by atoms with Gasteiger partial charge in [-0.1, -0.05) is 98.5 Å². The largest absolute Gasteiger partial charge is 0.494 e. The predicted molar refractivity (Wildman–Crippen MR) is 135 cm³/mol. The van der Waals surface area contributed by atoms with E-state index in [1.807, 2.05) is 36.4 Å². The van der Waals surface area contributed by atoms with Crippen molar-refractivity contribution in [2.45, 2.75) is 38.5 Å². The highest BCUT2D eigenvalue weighted by molar-refractivity contribution is 5.85. The highest BCUT2D eigenvalue weighted by Gasteiger charge is 1.96. The maximum Gasteiger partial charge on any atom is 0.328 e. The number of aliphatic hydroxyl groups excluding tert-OH is 1. The molecule has 4 nitrogen and oxygen atoms in total. The fraction of sp³-hybridized carbons (Fsp3) is 0.276. The number of carboxylic acid groups (broad SMARTS) is 1. The summed E-state index contributed by atoms with van der Waals surface area (Å²) in [7, 11) is 0. The number of aliphatic hydroxyl groups is 1. The van der Waals surface area contributed by atoms with Gasteiger partial charge in [0.05, 0.1) is 6.61 Å². The molecule has 0 radical (unpaired) electrons. The molecule has 2 N–H and O–H groups in total. The first-order valence-corrected chi connectivity index (χ1v) is 11.5. The minimum absolute atomic E-state index is 0.292. The molecular weight excluding hydrogens is 412 g/mol. The topological polar surface area (TPSA) is 66.8 Å². The molecule has 3 aromatic rings. The SMILES string of the molecule is O=C(O)C=Cc1ccc(OCCCCCCCCO)cc1.c1ccc(-c2ccccc2)cc1. The van der Waals surface area contributed by atoms with Crippen LogP contribution in [-0.2, 0) is 4.79 Å². The fourth-order valence-corrected chi connectivity index (χ4v) is 3.21. The van der Waals surface area contributed by atoms with E-state index in [9.17, 15) is 4.79 Å². The second-order valence-electron chi connectivity index (χ2n) is 7.67. The maximum atomic E-state index is 10.4. The van der Waals surface area contributed by atoms with Gasteiger partial charge in [-0.2, -0.15) is 0 Å². The minimum Gasteiger partial charge on any atom is -0.494 e. The lowest BCUT2D eigenvalue weighted by Crippen LogP contribution is -1.97. The van der Waals surface area contributed by atoms with Crippen LogP contribution in [0, 0.1) is 0 Å². The number of rotatable bonds is 12. The van der Waals surface area contributed by atoms with Gasteiger partial charge in [-0.05, 0) is 47.7 Å². The van der Waals surface area contributed by atoms with Crippen molar-refractivity contribution in [3.8, 4) is 16.9 Å². The van der Waals surface area contributed by atoms with E-state index in [2.05, 4.69) is 48.5 Å². The summed E-state index contributed by atoms with van der Waals surface area (Å²) in [5, 5.41) is 17.2. The second-order valence-corrected chi connectivity index (χ2v) is 7.67. The molecule has 0 fully saturated rings. The zero-order valence-electron chi connectivity index (χ0n) is 19.1. The number of aliphatic carboxylic acids is 1. The minimum atomic E-state index is -0.950. The summed E-state index contributed by atoms with van der Waals surface area (Å²) in [5.74, 6) is -0.142. The first-order valence-electron chi connectivity index (χ1n) is 11.5. The Hall–Kier alpha value is -3.37. The van der Waals surface area contributed by atoms with Crippen molar-refractivity contribution >= 4 is 12.0 Å². The summed E-state index contributed by atoms with van der Waals surface area (Å²) in [6.45, 7) is 0.991. The van der Waals surface area contributed by atoms with Gasteiger partial charge in [0.1, 0.15) is 5.75 Å². The normalized spacial score (nSPS) is 10.5. The Balaban J connectivity index is 0.000000268. The van der Waals surface area contributed by atoms with Crippen LogP contribution in [0.25, 0.3) is 17.2 Å². The fourth-order valence-electron chi connectivity index (χ4n) is 3.21. The lowest BCUT2D eigenvalue weighted by molar-refractivity contribution is -0.131. The quantitative estimate of drug-likeness (QED) is 0.236. The molecule has 0 saturated heterocycles. The average Bonchev–Trinajstić information content (AvgIpc) is 2.86. The summed E-state index contributed by atoms with van der Waals surface area (Å²) in [6, 6.07) is 28.2. The van der Waals surface area contributed by atoms with Crippen LogP contribution >= 0.6 is 0 Å². The smallest absolute Gasteiger partial charge is 0.328 e. The van der Waals surface area contributed by atoms with Gasteiger partial charge in [0.15, 0.2) is 0 Å². The molecule has 0 atom stereocenters. The average molecular weight is 447 g/mol. The summed E-state index contributed by atoms with van der Waals surface area (Å²) < 4.78 is 5.63. The molecule has 0 aliphatic heterocycles. The molecule has 0 heterocycles. The Morgan fingerprint density at radius 3 is 1.73 bits per heavy atom. The van der Waals surface area contributed by atoms with Crippen molar-refractivity contribution < 1.29 is 19.7 Å². The van der Waals surface area contributed by atoms with E-state index in [1.54, 1.807) is 6.08 Å². The Bertz CT molecular complexity index is 881. The molecule has 0 aromatic heterocycles. The van der Waals surface area contributed by atoms with Crippen molar-refractivity contribution in [1.29, 1.82) is 0 Å². The third-order valence-electron chi connectivity index (χ3n) is 5.00. The van der Waals surface area contributed by atoms with Gasteiger partial charge in [-0.3, -0.25) is 0 Å². The van der Waals surface area contributed by atoms with E-state index < -0.39 is 5.97 Å². The molecule has 0 unspecified atom stereocenters. The molecule has 0 spiro atoms. The zero-order valence-corrected chi connectivity index (χ0v) is 19.1. The van der Waals surface area contributed by atoms with E-state index >= 15 is 0 Å². The highest BCUT2D eigenvalue weighted by atomic mass is 16.5. The zero-order chi connectivity index (χ0) is 23.6. The Morgan fingerprint density at radius 1 is 0.697 bits per heavy atom. The lowest BCUT2D eigenvalue weighted by atomic mass is 10.1. The van der Waals surface area contributed by atoms with Gasteiger partial charge in [0.25, 0.3) is 0 Å². The molecule has 0 aliphatic carbocycles. The summed E-state index contributed by atoms with van der Waals surface area (Å²) in [4.78, 5) is 10.4. The van der Waals surface area contributed by atoms with Gasteiger partial charge >= 0.3 is 5.97 Å². The number of carbonyl (C=O) groups is 1. The van der Waals surface area contributed by atoms with Crippen LogP contribution in [0.3, 0.4) is 0 Å². The van der Waals surface area contributed by atoms with Crippen molar-refractivity contribution in [3.05, 3.63) is 96.6 Å². The Labute approximate surface area is 197 Å². The third-order valence-corrected chi connectivity index (χ3v) is 5.00. The molecule has 0 saturated carbocycles. The Morgan fingerprint density at radius 2 is 1.21 bits per heavy atom. The summed E-state index contributed by atoms with van der Waals surface area (Å²) in [5.41, 5.74) is 3.39. The summed E-state index contributed by atoms with van der Waals surface area (Å²) >= 11 is 0. The van der Waals surface area contributed by atoms with Gasteiger partial charge < -0.3 is 14.9 Å². The van der Waals surface area contributed by atoms with E-state index in [-0.39, 0.29) is 0 Å². The standard InChI is InChI=1S/C17H24O4.C12H10/c18-13-5-3-1-2-4-6-14-21-16-10-7-15(8-11-16)9-12-17(19)20;1-3-7-11(8-4-1)12-9-5-2-6-10-12/h7-12,18H,1-6,13-14H2,(H,19,20);1-10H. The molecule has 4 heteroatoms. The molecule has 3 aromatic carbocycles. The van der Waals surface area contributed by atoms with Crippen LogP contribution in [-0.4, -0.2) is 29.4 Å².